The number of fused-ring (bicyclic) bond motifs is 1. The maximum Gasteiger partial charge on any atom is 0.416 e. The number of aryl methyl sites for hydroxylation is 2. The summed E-state index contributed by atoms with van der Waals surface area (Å²) in [7, 11) is 3.40. The van der Waals surface area contributed by atoms with Crippen molar-refractivity contribution in [2.45, 2.75) is 25.8 Å². The second-order valence-electron chi connectivity index (χ2n) is 6.18. The van der Waals surface area contributed by atoms with Crippen molar-refractivity contribution >= 4 is 32.6 Å². The average molecular weight is 449 g/mol. The number of pyridine rings is 1. The molecule has 0 saturated heterocycles. The standard InChI is InChI=1S/C18H20F3N4S2.ClH/c1-11-7-12(2)16(10-27-26-6-5-22)25(9-11)17-23-14-4-3-13(18(19,20)21)8-15(14)24-17;/h3-4,7-9H,5-6,10,22H2,1-2H3,(H,23,24);1H/q+1;/p-1. The molecule has 3 aromatic rings. The largest absolute Gasteiger partial charge is 1.00 e. The fourth-order valence-corrected chi connectivity index (χ4v) is 4.80. The molecule has 2 aromatic heterocycles. The van der Waals surface area contributed by atoms with Crippen LogP contribution in [0.25, 0.3) is 17.0 Å². The number of halogens is 4. The van der Waals surface area contributed by atoms with E-state index in [0.29, 0.717) is 23.5 Å². The first-order chi connectivity index (χ1) is 12.8. The van der Waals surface area contributed by atoms with Gasteiger partial charge in [-0.25, -0.2) is 9.55 Å². The molecule has 0 atom stereocenters. The van der Waals surface area contributed by atoms with E-state index in [-0.39, 0.29) is 12.4 Å². The normalized spacial score (nSPS) is 11.6. The van der Waals surface area contributed by atoms with E-state index in [1.807, 2.05) is 24.6 Å². The van der Waals surface area contributed by atoms with Crippen molar-refractivity contribution in [2.75, 3.05) is 12.3 Å². The number of aromatic amines is 1. The van der Waals surface area contributed by atoms with E-state index in [9.17, 15) is 13.2 Å². The predicted octanol–water partition coefficient (Wildman–Crippen LogP) is 1.32. The Hall–Kier alpha value is -1.42. The van der Waals surface area contributed by atoms with Crippen LogP contribution in [0.5, 0.6) is 0 Å². The molecule has 4 nitrogen and oxygen atoms in total. The second kappa shape index (κ2) is 9.39. The number of nitrogens with zero attached hydrogens (tertiary/aromatic N) is 2. The van der Waals surface area contributed by atoms with Crippen LogP contribution in [0.15, 0.2) is 30.5 Å². The van der Waals surface area contributed by atoms with Crippen molar-refractivity contribution in [2.24, 2.45) is 5.73 Å². The summed E-state index contributed by atoms with van der Waals surface area (Å²) in [5.41, 5.74) is 8.89. The highest BCUT2D eigenvalue weighted by molar-refractivity contribution is 8.76. The lowest BCUT2D eigenvalue weighted by molar-refractivity contribution is -0.611. The Balaban J connectivity index is 0.00000280. The van der Waals surface area contributed by atoms with Gasteiger partial charge in [-0.05, 0) is 43.2 Å². The molecule has 28 heavy (non-hydrogen) atoms. The molecule has 0 radical (unpaired) electrons. The summed E-state index contributed by atoms with van der Waals surface area (Å²) in [4.78, 5) is 7.55. The van der Waals surface area contributed by atoms with Crippen LogP contribution in [0.2, 0.25) is 0 Å². The molecule has 10 heteroatoms. The molecule has 152 valence electrons. The molecule has 0 aliphatic carbocycles. The third kappa shape index (κ3) is 5.14. The second-order valence-corrected chi connectivity index (χ2v) is 8.76. The topological polar surface area (TPSA) is 58.6 Å². The van der Waals surface area contributed by atoms with Crippen LogP contribution in [0, 0.1) is 13.8 Å². The molecule has 0 saturated carbocycles. The van der Waals surface area contributed by atoms with Crippen molar-refractivity contribution in [1.29, 1.82) is 0 Å². The van der Waals surface area contributed by atoms with E-state index in [0.717, 1.165) is 40.5 Å². The molecule has 0 fully saturated rings. The summed E-state index contributed by atoms with van der Waals surface area (Å²) < 4.78 is 40.8. The first-order valence-corrected chi connectivity index (χ1v) is 10.8. The molecule has 3 N–H and O–H groups in total. The molecule has 1 aromatic carbocycles. The van der Waals surface area contributed by atoms with Crippen LogP contribution < -0.4 is 22.7 Å². The van der Waals surface area contributed by atoms with E-state index in [1.165, 1.54) is 6.07 Å². The smallest absolute Gasteiger partial charge is 0.416 e. The highest BCUT2D eigenvalue weighted by atomic mass is 35.5. The maximum atomic E-state index is 13.0. The molecular formula is C18H20ClF3N4S2. The van der Waals surface area contributed by atoms with Crippen LogP contribution in [-0.2, 0) is 11.9 Å². The summed E-state index contributed by atoms with van der Waals surface area (Å²) in [6.45, 7) is 4.63. The van der Waals surface area contributed by atoms with Crippen LogP contribution in [0.1, 0.15) is 22.4 Å². The number of benzene rings is 1. The number of rotatable bonds is 6. The van der Waals surface area contributed by atoms with Crippen molar-refractivity contribution in [3.8, 4) is 5.95 Å². The minimum Gasteiger partial charge on any atom is -1.00 e. The molecule has 0 spiro atoms. The van der Waals surface area contributed by atoms with Gasteiger partial charge in [0.25, 0.3) is 0 Å². The summed E-state index contributed by atoms with van der Waals surface area (Å²) in [5, 5.41) is 0. The number of nitrogens with two attached hydrogens (primary N) is 1. The molecule has 0 amide bonds. The van der Waals surface area contributed by atoms with Crippen molar-refractivity contribution in [3.63, 3.8) is 0 Å². The van der Waals surface area contributed by atoms with E-state index in [2.05, 4.69) is 16.0 Å². The van der Waals surface area contributed by atoms with Gasteiger partial charge in [0.15, 0.2) is 5.52 Å². The Kier molecular flexibility index (Phi) is 7.66. The molecule has 0 aliphatic heterocycles. The molecular weight excluding hydrogens is 429 g/mol. The minimum atomic E-state index is -4.39. The van der Waals surface area contributed by atoms with Gasteiger partial charge in [0.05, 0.1) is 23.2 Å². The van der Waals surface area contributed by atoms with Gasteiger partial charge in [0.2, 0.25) is 0 Å². The third-order valence-electron chi connectivity index (χ3n) is 4.03. The monoisotopic (exact) mass is 448 g/mol. The van der Waals surface area contributed by atoms with Gasteiger partial charge in [-0.1, -0.05) is 32.6 Å². The van der Waals surface area contributed by atoms with Gasteiger partial charge in [0, 0.05) is 12.3 Å². The Morgan fingerprint density at radius 1 is 1.18 bits per heavy atom. The van der Waals surface area contributed by atoms with E-state index in [4.69, 9.17) is 5.73 Å². The molecule has 0 bridgehead atoms. The van der Waals surface area contributed by atoms with Crippen LogP contribution in [0.3, 0.4) is 0 Å². The number of imidazole rings is 1. The lowest BCUT2D eigenvalue weighted by Crippen LogP contribution is -3.00. The van der Waals surface area contributed by atoms with Gasteiger partial charge in [-0.3, -0.25) is 0 Å². The summed E-state index contributed by atoms with van der Waals surface area (Å²) in [6.07, 6.45) is -2.44. The van der Waals surface area contributed by atoms with Gasteiger partial charge >= 0.3 is 12.1 Å². The lowest BCUT2D eigenvalue weighted by atomic mass is 10.2. The highest BCUT2D eigenvalue weighted by Gasteiger charge is 2.31. The van der Waals surface area contributed by atoms with Crippen LogP contribution in [0.4, 0.5) is 13.2 Å². The number of hydrogen-bond acceptors (Lipinski definition) is 4. The summed E-state index contributed by atoms with van der Waals surface area (Å²) >= 11 is 0. The van der Waals surface area contributed by atoms with Gasteiger partial charge in [-0.2, -0.15) is 13.2 Å². The van der Waals surface area contributed by atoms with E-state index >= 15 is 0 Å². The van der Waals surface area contributed by atoms with Crippen LogP contribution >= 0.6 is 21.6 Å². The number of aromatic nitrogens is 3. The Morgan fingerprint density at radius 2 is 1.93 bits per heavy atom. The zero-order valence-corrected chi connectivity index (χ0v) is 17.7. The maximum absolute atomic E-state index is 13.0. The molecule has 0 aliphatic rings. The van der Waals surface area contributed by atoms with Crippen molar-refractivity contribution in [1.82, 2.24) is 9.97 Å². The molecule has 0 unspecified atom stereocenters. The lowest BCUT2D eigenvalue weighted by Gasteiger charge is -2.10. The molecule has 3 rings (SSSR count). The molecule has 2 heterocycles. The van der Waals surface area contributed by atoms with Gasteiger partial charge in [0.1, 0.15) is 5.52 Å². The fourth-order valence-electron chi connectivity index (χ4n) is 2.79. The van der Waals surface area contributed by atoms with Gasteiger partial charge in [-0.15, -0.1) is 0 Å². The third-order valence-corrected chi connectivity index (χ3v) is 6.34. The van der Waals surface area contributed by atoms with E-state index in [1.54, 1.807) is 21.6 Å². The van der Waals surface area contributed by atoms with Crippen molar-refractivity contribution in [3.05, 3.63) is 52.8 Å². The van der Waals surface area contributed by atoms with Crippen LogP contribution in [-0.4, -0.2) is 22.3 Å². The Morgan fingerprint density at radius 3 is 2.61 bits per heavy atom. The zero-order chi connectivity index (χ0) is 19.6. The predicted molar refractivity (Wildman–Crippen MR) is 105 cm³/mol. The number of hydrogen-bond donors (Lipinski definition) is 2. The summed E-state index contributed by atoms with van der Waals surface area (Å²) in [5.74, 6) is 2.11. The quantitative estimate of drug-likeness (QED) is 0.339. The summed E-state index contributed by atoms with van der Waals surface area (Å²) in [6, 6.07) is 5.65. The van der Waals surface area contributed by atoms with Crippen molar-refractivity contribution < 1.29 is 30.1 Å². The Labute approximate surface area is 175 Å². The SMILES string of the molecule is Cc1cc(C)c(CSSCCN)[n+](-c2nc3cc(C(F)(F)F)ccc3[nH]2)c1.[Cl-]. The first-order valence-electron chi connectivity index (χ1n) is 8.33. The highest BCUT2D eigenvalue weighted by Crippen LogP contribution is 2.31. The van der Waals surface area contributed by atoms with Gasteiger partial charge < -0.3 is 18.1 Å². The number of H-pyrrole nitrogens is 1. The average Bonchev–Trinajstić information content (AvgIpc) is 3.02. The number of nitrogens with one attached hydrogen (secondary N) is 1. The number of alkyl halides is 3. The zero-order valence-electron chi connectivity index (χ0n) is 15.3. The first kappa shape index (κ1) is 22.9. The fraction of sp³-hybridized carbons (Fsp3) is 0.333. The minimum absolute atomic E-state index is 0. The van der Waals surface area contributed by atoms with E-state index < -0.39 is 11.7 Å². The Bertz CT molecular complexity index is 960.